The summed E-state index contributed by atoms with van der Waals surface area (Å²) in [5.41, 5.74) is 7.27. The molecule has 1 heterocycles. The molecular weight excluding hydrogens is 330 g/mol. The molecule has 4 heteroatoms. The number of nitrogens with two attached hydrogens (primary N) is 1. The number of fused-ring (bicyclic) bond motifs is 1. The summed E-state index contributed by atoms with van der Waals surface area (Å²) in [7, 11) is 0. The van der Waals surface area contributed by atoms with Crippen molar-refractivity contribution in [2.24, 2.45) is 5.73 Å². The minimum Gasteiger partial charge on any atom is -0.494 e. The zero-order chi connectivity index (χ0) is 14.7. The summed E-state index contributed by atoms with van der Waals surface area (Å²) in [6.45, 7) is 1.12. The lowest BCUT2D eigenvalue weighted by Crippen LogP contribution is -2.50. The summed E-state index contributed by atoms with van der Waals surface area (Å²) in [5, 5.41) is 0. The van der Waals surface area contributed by atoms with Crippen molar-refractivity contribution in [3.63, 3.8) is 0 Å². The first-order valence-electron chi connectivity index (χ1n) is 7.03. The van der Waals surface area contributed by atoms with Crippen LogP contribution in [0.4, 0.5) is 0 Å². The van der Waals surface area contributed by atoms with Crippen LogP contribution in [0.1, 0.15) is 12.0 Å². The molecule has 0 aliphatic carbocycles. The van der Waals surface area contributed by atoms with E-state index in [1.807, 2.05) is 42.5 Å². The molecule has 1 aliphatic heterocycles. The third-order valence-corrected chi connectivity index (χ3v) is 4.24. The molecule has 3 nitrogen and oxygen atoms in total. The molecule has 0 saturated heterocycles. The number of rotatable bonds is 4. The number of benzene rings is 2. The highest BCUT2D eigenvalue weighted by Crippen LogP contribution is 2.29. The van der Waals surface area contributed by atoms with Gasteiger partial charge >= 0.3 is 0 Å². The quantitative estimate of drug-likeness (QED) is 0.919. The van der Waals surface area contributed by atoms with Gasteiger partial charge in [-0.15, -0.1) is 0 Å². The van der Waals surface area contributed by atoms with E-state index in [4.69, 9.17) is 15.2 Å². The Morgan fingerprint density at radius 2 is 1.90 bits per heavy atom. The molecule has 0 bridgehead atoms. The molecule has 0 spiro atoms. The van der Waals surface area contributed by atoms with E-state index in [-0.39, 0.29) is 5.54 Å². The molecule has 2 aromatic carbocycles. The molecule has 1 unspecified atom stereocenters. The highest BCUT2D eigenvalue weighted by Gasteiger charge is 2.31. The van der Waals surface area contributed by atoms with E-state index in [0.29, 0.717) is 13.2 Å². The molecule has 0 amide bonds. The van der Waals surface area contributed by atoms with E-state index in [2.05, 4.69) is 22.0 Å². The highest BCUT2D eigenvalue weighted by atomic mass is 79.9. The monoisotopic (exact) mass is 347 g/mol. The molecule has 1 atom stereocenters. The Morgan fingerprint density at radius 1 is 1.14 bits per heavy atom. The van der Waals surface area contributed by atoms with Crippen LogP contribution in [0.2, 0.25) is 0 Å². The van der Waals surface area contributed by atoms with Gasteiger partial charge in [0.25, 0.3) is 0 Å². The van der Waals surface area contributed by atoms with Crippen LogP contribution < -0.4 is 15.2 Å². The molecule has 3 rings (SSSR count). The van der Waals surface area contributed by atoms with Gasteiger partial charge in [0, 0.05) is 10.9 Å². The largest absolute Gasteiger partial charge is 0.494 e. The van der Waals surface area contributed by atoms with Crippen LogP contribution in [0.15, 0.2) is 53.0 Å². The van der Waals surface area contributed by atoms with Gasteiger partial charge in [0.15, 0.2) is 0 Å². The van der Waals surface area contributed by atoms with Crippen molar-refractivity contribution >= 4 is 15.9 Å². The number of halogens is 1. The maximum atomic E-state index is 6.45. The summed E-state index contributed by atoms with van der Waals surface area (Å²) in [5.74, 6) is 1.81. The van der Waals surface area contributed by atoms with Crippen molar-refractivity contribution in [3.8, 4) is 11.5 Å². The Balaban J connectivity index is 1.57. The fourth-order valence-electron chi connectivity index (χ4n) is 2.51. The second-order valence-electron chi connectivity index (χ2n) is 5.49. The zero-order valence-electron chi connectivity index (χ0n) is 11.7. The summed E-state index contributed by atoms with van der Waals surface area (Å²) >= 11 is 3.41. The van der Waals surface area contributed by atoms with E-state index in [0.717, 1.165) is 28.8 Å². The van der Waals surface area contributed by atoms with E-state index in [1.165, 1.54) is 5.56 Å². The first kappa shape index (κ1) is 14.4. The second kappa shape index (κ2) is 6.08. The SMILES string of the molecule is NC1(CCOc2ccc(Br)cc2)COc2ccccc2C1. The number of para-hydroxylation sites is 1. The van der Waals surface area contributed by atoms with E-state index >= 15 is 0 Å². The average molecular weight is 348 g/mol. The normalized spacial score (nSPS) is 20.5. The van der Waals surface area contributed by atoms with E-state index in [1.54, 1.807) is 0 Å². The van der Waals surface area contributed by atoms with Gasteiger partial charge in [-0.3, -0.25) is 0 Å². The Bertz CT molecular complexity index is 614. The standard InChI is InChI=1S/C17H18BrNO2/c18-14-5-7-15(8-6-14)20-10-9-17(19)11-13-3-1-2-4-16(13)21-12-17/h1-8H,9-12,19H2. The summed E-state index contributed by atoms with van der Waals surface area (Å²) in [6.07, 6.45) is 1.59. The molecule has 0 fully saturated rings. The number of hydrogen-bond donors (Lipinski definition) is 1. The zero-order valence-corrected chi connectivity index (χ0v) is 13.3. The van der Waals surface area contributed by atoms with Gasteiger partial charge in [-0.25, -0.2) is 0 Å². The van der Waals surface area contributed by atoms with Crippen molar-refractivity contribution in [2.45, 2.75) is 18.4 Å². The molecule has 2 aromatic rings. The average Bonchev–Trinajstić information content (AvgIpc) is 2.49. The molecule has 1 aliphatic rings. The summed E-state index contributed by atoms with van der Waals surface area (Å²) < 4.78 is 12.6. The Kier molecular flexibility index (Phi) is 4.17. The Hall–Kier alpha value is -1.52. The molecule has 0 saturated carbocycles. The third-order valence-electron chi connectivity index (χ3n) is 3.71. The predicted octanol–water partition coefficient (Wildman–Crippen LogP) is 3.55. The highest BCUT2D eigenvalue weighted by molar-refractivity contribution is 9.10. The van der Waals surface area contributed by atoms with Crippen molar-refractivity contribution < 1.29 is 9.47 Å². The van der Waals surface area contributed by atoms with Gasteiger partial charge in [0.05, 0.1) is 12.1 Å². The van der Waals surface area contributed by atoms with Gasteiger partial charge in [0.2, 0.25) is 0 Å². The van der Waals surface area contributed by atoms with Gasteiger partial charge in [0.1, 0.15) is 18.1 Å². The van der Waals surface area contributed by atoms with Gasteiger partial charge in [-0.05, 0) is 42.3 Å². The predicted molar refractivity (Wildman–Crippen MR) is 86.8 cm³/mol. The lowest BCUT2D eigenvalue weighted by Gasteiger charge is -2.34. The van der Waals surface area contributed by atoms with Crippen LogP contribution in [0.25, 0.3) is 0 Å². The molecule has 21 heavy (non-hydrogen) atoms. The smallest absolute Gasteiger partial charge is 0.122 e. The molecular formula is C17H18BrNO2. The Morgan fingerprint density at radius 3 is 2.71 bits per heavy atom. The maximum absolute atomic E-state index is 6.45. The van der Waals surface area contributed by atoms with Crippen LogP contribution in [-0.2, 0) is 6.42 Å². The van der Waals surface area contributed by atoms with Crippen LogP contribution in [-0.4, -0.2) is 18.8 Å². The maximum Gasteiger partial charge on any atom is 0.122 e. The lowest BCUT2D eigenvalue weighted by molar-refractivity contribution is 0.158. The minimum absolute atomic E-state index is 0.357. The lowest BCUT2D eigenvalue weighted by atomic mass is 9.87. The van der Waals surface area contributed by atoms with Crippen LogP contribution in [0.5, 0.6) is 11.5 Å². The van der Waals surface area contributed by atoms with Crippen LogP contribution in [0.3, 0.4) is 0 Å². The summed E-state index contributed by atoms with van der Waals surface area (Å²) in [6, 6.07) is 15.9. The van der Waals surface area contributed by atoms with Crippen molar-refractivity contribution in [1.82, 2.24) is 0 Å². The molecule has 0 aromatic heterocycles. The first-order chi connectivity index (χ1) is 10.1. The third kappa shape index (κ3) is 3.57. The minimum atomic E-state index is -0.357. The fourth-order valence-corrected chi connectivity index (χ4v) is 2.77. The van der Waals surface area contributed by atoms with Gasteiger partial charge < -0.3 is 15.2 Å². The summed E-state index contributed by atoms with van der Waals surface area (Å²) in [4.78, 5) is 0. The fraction of sp³-hybridized carbons (Fsp3) is 0.294. The van der Waals surface area contributed by atoms with Crippen LogP contribution in [0, 0.1) is 0 Å². The van der Waals surface area contributed by atoms with E-state index in [9.17, 15) is 0 Å². The van der Waals surface area contributed by atoms with Crippen LogP contribution >= 0.6 is 15.9 Å². The van der Waals surface area contributed by atoms with Crippen molar-refractivity contribution in [3.05, 3.63) is 58.6 Å². The first-order valence-corrected chi connectivity index (χ1v) is 7.82. The van der Waals surface area contributed by atoms with Gasteiger partial charge in [-0.1, -0.05) is 34.1 Å². The number of hydrogen-bond acceptors (Lipinski definition) is 3. The van der Waals surface area contributed by atoms with Crippen molar-refractivity contribution in [1.29, 1.82) is 0 Å². The van der Waals surface area contributed by atoms with E-state index < -0.39 is 0 Å². The van der Waals surface area contributed by atoms with Gasteiger partial charge in [-0.2, -0.15) is 0 Å². The number of ether oxygens (including phenoxy) is 2. The molecule has 2 N–H and O–H groups in total. The molecule has 0 radical (unpaired) electrons. The second-order valence-corrected chi connectivity index (χ2v) is 6.40. The Labute approximate surface area is 133 Å². The van der Waals surface area contributed by atoms with Crippen molar-refractivity contribution in [2.75, 3.05) is 13.2 Å². The topological polar surface area (TPSA) is 44.5 Å². The molecule has 110 valence electrons.